The third kappa shape index (κ3) is 4.40. The molecule has 3 rings (SSSR count). The van der Waals surface area contributed by atoms with Crippen LogP contribution in [0.3, 0.4) is 0 Å². The highest BCUT2D eigenvalue weighted by molar-refractivity contribution is 5.93. The zero-order valence-corrected chi connectivity index (χ0v) is 16.5. The van der Waals surface area contributed by atoms with Crippen molar-refractivity contribution < 1.29 is 18.5 Å². The van der Waals surface area contributed by atoms with Crippen molar-refractivity contribution in [2.75, 3.05) is 13.1 Å². The number of rotatable bonds is 5. The summed E-state index contributed by atoms with van der Waals surface area (Å²) in [6.45, 7) is 7.17. The second kappa shape index (κ2) is 8.54. The normalized spacial score (nSPS) is 17.9. The van der Waals surface area contributed by atoms with Crippen LogP contribution in [0.1, 0.15) is 49.0 Å². The van der Waals surface area contributed by atoms with Crippen LogP contribution in [0.25, 0.3) is 0 Å². The van der Waals surface area contributed by atoms with E-state index >= 15 is 0 Å². The fourth-order valence-electron chi connectivity index (χ4n) is 3.46. The summed E-state index contributed by atoms with van der Waals surface area (Å²) in [6, 6.07) is 7.70. The molecule has 0 bridgehead atoms. The van der Waals surface area contributed by atoms with Crippen LogP contribution < -0.4 is 0 Å². The van der Waals surface area contributed by atoms with Crippen LogP contribution in [0.2, 0.25) is 0 Å². The van der Waals surface area contributed by atoms with Gasteiger partial charge >= 0.3 is 0 Å². The van der Waals surface area contributed by atoms with Crippen LogP contribution in [0.15, 0.2) is 34.9 Å². The molecule has 2 aromatic rings. The van der Waals surface area contributed by atoms with Gasteiger partial charge in [0.2, 0.25) is 5.91 Å². The average molecular weight is 387 g/mol. The van der Waals surface area contributed by atoms with Crippen molar-refractivity contribution in [3.8, 4) is 0 Å². The molecule has 1 aliphatic rings. The first kappa shape index (κ1) is 20.0. The van der Waals surface area contributed by atoms with Gasteiger partial charge in [-0.25, -0.2) is 4.39 Å². The Bertz CT molecular complexity index is 832. The van der Waals surface area contributed by atoms with E-state index in [-0.39, 0.29) is 41.7 Å². The van der Waals surface area contributed by atoms with Crippen LogP contribution in [-0.2, 0) is 17.8 Å². The minimum absolute atomic E-state index is 0.00674. The molecular weight excluding hydrogens is 361 g/mol. The van der Waals surface area contributed by atoms with E-state index in [1.807, 2.05) is 25.7 Å². The topological polar surface area (TPSA) is 66.7 Å². The Balaban J connectivity index is 1.80. The first-order valence-electron chi connectivity index (χ1n) is 9.67. The van der Waals surface area contributed by atoms with Crippen molar-refractivity contribution in [2.24, 2.45) is 5.92 Å². The van der Waals surface area contributed by atoms with Gasteiger partial charge < -0.3 is 14.3 Å². The van der Waals surface area contributed by atoms with Crippen molar-refractivity contribution in [3.05, 3.63) is 53.2 Å². The lowest BCUT2D eigenvalue weighted by atomic mass is 10.0. The first-order chi connectivity index (χ1) is 13.4. The summed E-state index contributed by atoms with van der Waals surface area (Å²) in [5.74, 6) is 0.286. The molecule has 1 saturated heterocycles. The smallest absolute Gasteiger partial charge is 0.276 e. The van der Waals surface area contributed by atoms with Crippen molar-refractivity contribution in [2.45, 2.75) is 46.2 Å². The largest absolute Gasteiger partial charge is 0.361 e. The van der Waals surface area contributed by atoms with Crippen LogP contribution in [-0.4, -0.2) is 45.9 Å². The second-order valence-corrected chi connectivity index (χ2v) is 7.49. The van der Waals surface area contributed by atoms with Gasteiger partial charge in [-0.1, -0.05) is 38.1 Å². The summed E-state index contributed by atoms with van der Waals surface area (Å²) < 4.78 is 18.4. The van der Waals surface area contributed by atoms with Crippen LogP contribution in [0.5, 0.6) is 0 Å². The number of hydrogen-bond donors (Lipinski definition) is 0. The zero-order valence-electron chi connectivity index (χ0n) is 16.5. The van der Waals surface area contributed by atoms with Gasteiger partial charge in [0.1, 0.15) is 11.6 Å². The van der Waals surface area contributed by atoms with Gasteiger partial charge in [-0.2, -0.15) is 0 Å². The molecule has 0 saturated carbocycles. The minimum Gasteiger partial charge on any atom is -0.361 e. The molecule has 7 heteroatoms. The maximum atomic E-state index is 13.2. The first-order valence-corrected chi connectivity index (χ1v) is 9.67. The summed E-state index contributed by atoms with van der Waals surface area (Å²) in [6.07, 6.45) is 0.910. The lowest BCUT2D eigenvalue weighted by Crippen LogP contribution is -2.47. The van der Waals surface area contributed by atoms with Crippen LogP contribution in [0.4, 0.5) is 4.39 Å². The molecule has 0 N–H and O–H groups in total. The number of carbonyl (C=O) groups is 2. The molecule has 150 valence electrons. The zero-order chi connectivity index (χ0) is 20.3. The Morgan fingerprint density at radius 1 is 1.32 bits per heavy atom. The third-order valence-corrected chi connectivity index (χ3v) is 5.17. The standard InChI is InChI=1S/C21H26FN3O3/c1-4-17-11-18(23-28-17)21(27)24-10-9-20(26)25(19(13-24)14(2)3)12-15-5-7-16(22)8-6-15/h5-8,11,14,19H,4,9-10,12-13H2,1-3H3/t19-/m0/s1. The molecule has 2 amide bonds. The molecule has 0 spiro atoms. The number of benzene rings is 1. The summed E-state index contributed by atoms with van der Waals surface area (Å²) in [4.78, 5) is 29.2. The van der Waals surface area contributed by atoms with Crippen LogP contribution >= 0.6 is 0 Å². The number of aryl methyl sites for hydroxylation is 1. The maximum absolute atomic E-state index is 13.2. The molecule has 1 aromatic carbocycles. The van der Waals surface area contributed by atoms with Crippen molar-refractivity contribution in [3.63, 3.8) is 0 Å². The van der Waals surface area contributed by atoms with Gasteiger partial charge in [-0.3, -0.25) is 9.59 Å². The summed E-state index contributed by atoms with van der Waals surface area (Å²) in [7, 11) is 0. The fraction of sp³-hybridized carbons (Fsp3) is 0.476. The van der Waals surface area contributed by atoms with Gasteiger partial charge in [0.25, 0.3) is 5.91 Å². The Morgan fingerprint density at radius 2 is 2.04 bits per heavy atom. The Morgan fingerprint density at radius 3 is 2.64 bits per heavy atom. The second-order valence-electron chi connectivity index (χ2n) is 7.49. The lowest BCUT2D eigenvalue weighted by molar-refractivity contribution is -0.134. The lowest BCUT2D eigenvalue weighted by Gasteiger charge is -2.34. The van der Waals surface area contributed by atoms with Gasteiger partial charge in [0.05, 0.1) is 6.04 Å². The Hall–Kier alpha value is -2.70. The van der Waals surface area contributed by atoms with E-state index < -0.39 is 0 Å². The number of aromatic nitrogens is 1. The van der Waals surface area contributed by atoms with E-state index in [1.165, 1.54) is 12.1 Å². The monoisotopic (exact) mass is 387 g/mol. The predicted octanol–water partition coefficient (Wildman–Crippen LogP) is 3.28. The molecule has 28 heavy (non-hydrogen) atoms. The molecule has 0 radical (unpaired) electrons. The van der Waals surface area contributed by atoms with Crippen molar-refractivity contribution in [1.29, 1.82) is 0 Å². The molecule has 1 fully saturated rings. The predicted molar refractivity (Wildman–Crippen MR) is 102 cm³/mol. The van der Waals surface area contributed by atoms with Gasteiger partial charge in [-0.05, 0) is 23.6 Å². The highest BCUT2D eigenvalue weighted by Gasteiger charge is 2.34. The third-order valence-electron chi connectivity index (χ3n) is 5.17. The number of carbonyl (C=O) groups excluding carboxylic acids is 2. The quantitative estimate of drug-likeness (QED) is 0.790. The van der Waals surface area contributed by atoms with Gasteiger partial charge in [0.15, 0.2) is 5.69 Å². The molecule has 1 aliphatic heterocycles. The summed E-state index contributed by atoms with van der Waals surface area (Å²) in [5, 5.41) is 3.88. The fourth-order valence-corrected chi connectivity index (χ4v) is 3.46. The SMILES string of the molecule is CCc1cc(C(=O)N2CCC(=O)N(Cc3ccc(F)cc3)[C@H](C(C)C)C2)no1. The van der Waals surface area contributed by atoms with E-state index in [4.69, 9.17) is 4.52 Å². The molecule has 0 aliphatic carbocycles. The maximum Gasteiger partial charge on any atom is 0.276 e. The highest BCUT2D eigenvalue weighted by atomic mass is 19.1. The number of nitrogens with zero attached hydrogens (tertiary/aromatic N) is 3. The molecule has 6 nitrogen and oxygen atoms in total. The number of amides is 2. The summed E-state index contributed by atoms with van der Waals surface area (Å²) >= 11 is 0. The summed E-state index contributed by atoms with van der Waals surface area (Å²) in [5.41, 5.74) is 1.14. The van der Waals surface area contributed by atoms with Gasteiger partial charge in [-0.15, -0.1) is 0 Å². The highest BCUT2D eigenvalue weighted by Crippen LogP contribution is 2.22. The van der Waals surface area contributed by atoms with Gasteiger partial charge in [0, 0.05) is 38.5 Å². The van der Waals surface area contributed by atoms with Crippen molar-refractivity contribution >= 4 is 11.8 Å². The Labute approximate surface area is 164 Å². The molecule has 2 heterocycles. The molecule has 0 unspecified atom stereocenters. The number of hydrogen-bond acceptors (Lipinski definition) is 4. The molecule has 1 atom stereocenters. The van der Waals surface area contributed by atoms with Crippen molar-refractivity contribution in [1.82, 2.24) is 15.0 Å². The van der Waals surface area contributed by atoms with E-state index in [0.29, 0.717) is 31.8 Å². The average Bonchev–Trinajstić information content (AvgIpc) is 3.10. The Kier molecular flexibility index (Phi) is 6.11. The van der Waals surface area contributed by atoms with E-state index in [1.54, 1.807) is 23.1 Å². The van der Waals surface area contributed by atoms with E-state index in [0.717, 1.165) is 5.56 Å². The van der Waals surface area contributed by atoms with E-state index in [2.05, 4.69) is 5.16 Å². The molecular formula is C21H26FN3O3. The molecule has 1 aromatic heterocycles. The number of halogens is 1. The minimum atomic E-state index is -0.304. The van der Waals surface area contributed by atoms with E-state index in [9.17, 15) is 14.0 Å². The van der Waals surface area contributed by atoms with Crippen LogP contribution in [0, 0.1) is 11.7 Å².